The van der Waals surface area contributed by atoms with Gasteiger partial charge in [-0.25, -0.2) is 4.79 Å². The van der Waals surface area contributed by atoms with Crippen LogP contribution in [0.5, 0.6) is 5.75 Å². The molecule has 0 radical (unpaired) electrons. The highest BCUT2D eigenvalue weighted by Gasteiger charge is 2.03. The number of primary amides is 1. The number of anilines is 1. The fourth-order valence-corrected chi connectivity index (χ4v) is 1.24. The van der Waals surface area contributed by atoms with E-state index in [2.05, 4.69) is 10.6 Å². The van der Waals surface area contributed by atoms with Gasteiger partial charge in [0.05, 0.1) is 6.61 Å². The first-order valence-corrected chi connectivity index (χ1v) is 5.42. The van der Waals surface area contributed by atoms with Gasteiger partial charge < -0.3 is 21.1 Å². The fourth-order valence-electron chi connectivity index (χ4n) is 1.24. The first kappa shape index (κ1) is 13.1. The van der Waals surface area contributed by atoms with Crippen molar-refractivity contribution >= 4 is 11.7 Å². The third-order valence-corrected chi connectivity index (χ3v) is 1.95. The summed E-state index contributed by atoms with van der Waals surface area (Å²) in [6, 6.07) is 6.61. The molecule has 1 aromatic rings. The number of rotatable bonds is 6. The Morgan fingerprint density at radius 2 is 2.06 bits per heavy atom. The van der Waals surface area contributed by atoms with Crippen LogP contribution in [0, 0.1) is 0 Å². The van der Waals surface area contributed by atoms with Crippen molar-refractivity contribution in [3.63, 3.8) is 0 Å². The highest BCUT2D eigenvalue weighted by molar-refractivity contribution is 5.72. The van der Waals surface area contributed by atoms with Crippen LogP contribution in [0.4, 0.5) is 10.5 Å². The van der Waals surface area contributed by atoms with Crippen molar-refractivity contribution in [1.29, 1.82) is 0 Å². The van der Waals surface area contributed by atoms with Crippen molar-refractivity contribution < 1.29 is 9.53 Å². The van der Waals surface area contributed by atoms with E-state index in [1.54, 1.807) is 0 Å². The Morgan fingerprint density at radius 1 is 1.41 bits per heavy atom. The molecule has 0 saturated carbocycles. The van der Waals surface area contributed by atoms with E-state index in [0.717, 1.165) is 17.9 Å². The average Bonchev–Trinajstić information content (AvgIpc) is 2.27. The summed E-state index contributed by atoms with van der Waals surface area (Å²) >= 11 is 0. The summed E-state index contributed by atoms with van der Waals surface area (Å²) in [6.07, 6.45) is 0.253. The minimum atomic E-state index is -0.713. The third kappa shape index (κ3) is 5.07. The molecular formula is C11H18N4O2. The molecule has 0 bridgehead atoms. The molecule has 6 nitrogen and oxygen atoms in total. The minimum Gasteiger partial charge on any atom is -0.494 e. The summed E-state index contributed by atoms with van der Waals surface area (Å²) in [5.41, 5.74) is 11.3. The van der Waals surface area contributed by atoms with Crippen molar-refractivity contribution in [2.24, 2.45) is 11.5 Å². The van der Waals surface area contributed by atoms with Gasteiger partial charge in [-0.3, -0.25) is 5.73 Å². The van der Waals surface area contributed by atoms with E-state index in [-0.39, 0.29) is 0 Å². The molecule has 0 saturated heterocycles. The molecule has 1 unspecified atom stereocenters. The van der Waals surface area contributed by atoms with E-state index in [4.69, 9.17) is 16.2 Å². The van der Waals surface area contributed by atoms with Gasteiger partial charge >= 0.3 is 6.03 Å². The van der Waals surface area contributed by atoms with E-state index in [1.807, 2.05) is 31.2 Å². The zero-order chi connectivity index (χ0) is 12.7. The first-order valence-electron chi connectivity index (χ1n) is 5.42. The number of hydrogen-bond donors (Lipinski definition) is 4. The van der Waals surface area contributed by atoms with Crippen LogP contribution in [0.25, 0.3) is 0 Å². The molecule has 6 N–H and O–H groups in total. The SMILES string of the molecule is CCCOc1ccc(NC(N)NC(N)=O)cc1. The third-order valence-electron chi connectivity index (χ3n) is 1.95. The fraction of sp³-hybridized carbons (Fsp3) is 0.364. The van der Waals surface area contributed by atoms with Crippen LogP contribution in [0.1, 0.15) is 13.3 Å². The van der Waals surface area contributed by atoms with E-state index in [1.165, 1.54) is 0 Å². The minimum absolute atomic E-state index is 0.673. The molecule has 1 rings (SSSR count). The van der Waals surface area contributed by atoms with Crippen LogP contribution >= 0.6 is 0 Å². The summed E-state index contributed by atoms with van der Waals surface area (Å²) in [5, 5.41) is 5.18. The second-order valence-corrected chi connectivity index (χ2v) is 3.50. The molecule has 0 spiro atoms. The normalized spacial score (nSPS) is 11.6. The summed E-state index contributed by atoms with van der Waals surface area (Å²) in [7, 11) is 0. The molecule has 0 aromatic heterocycles. The van der Waals surface area contributed by atoms with E-state index in [9.17, 15) is 4.79 Å². The maximum Gasteiger partial charge on any atom is 0.314 e. The number of nitrogens with one attached hydrogen (secondary N) is 2. The summed E-state index contributed by atoms with van der Waals surface area (Å²) in [4.78, 5) is 10.5. The van der Waals surface area contributed by atoms with Gasteiger partial charge in [0.25, 0.3) is 0 Å². The smallest absolute Gasteiger partial charge is 0.314 e. The number of benzene rings is 1. The molecule has 6 heteroatoms. The zero-order valence-corrected chi connectivity index (χ0v) is 9.77. The zero-order valence-electron chi connectivity index (χ0n) is 9.77. The average molecular weight is 238 g/mol. The number of nitrogens with two attached hydrogens (primary N) is 2. The highest BCUT2D eigenvalue weighted by atomic mass is 16.5. The van der Waals surface area contributed by atoms with Crippen LogP contribution < -0.4 is 26.8 Å². The second-order valence-electron chi connectivity index (χ2n) is 3.50. The van der Waals surface area contributed by atoms with Gasteiger partial charge in [0.2, 0.25) is 0 Å². The molecule has 1 aromatic carbocycles. The predicted octanol–water partition coefficient (Wildman–Crippen LogP) is 0.798. The van der Waals surface area contributed by atoms with Gasteiger partial charge in [0.1, 0.15) is 5.75 Å². The highest BCUT2D eigenvalue weighted by Crippen LogP contribution is 2.15. The summed E-state index contributed by atoms with van der Waals surface area (Å²) in [5.74, 6) is 0.800. The Bertz CT molecular complexity index is 353. The number of ether oxygens (including phenoxy) is 1. The lowest BCUT2D eigenvalue weighted by Gasteiger charge is -2.15. The van der Waals surface area contributed by atoms with Gasteiger partial charge in [0, 0.05) is 5.69 Å². The lowest BCUT2D eigenvalue weighted by molar-refractivity contribution is 0.246. The van der Waals surface area contributed by atoms with Gasteiger partial charge in [0.15, 0.2) is 6.29 Å². The summed E-state index contributed by atoms with van der Waals surface area (Å²) < 4.78 is 5.43. The molecule has 94 valence electrons. The van der Waals surface area contributed by atoms with Gasteiger partial charge in [-0.2, -0.15) is 0 Å². The summed E-state index contributed by atoms with van der Waals surface area (Å²) in [6.45, 7) is 2.74. The lowest BCUT2D eigenvalue weighted by atomic mass is 10.3. The quantitative estimate of drug-likeness (QED) is 0.550. The lowest BCUT2D eigenvalue weighted by Crippen LogP contribution is -2.49. The molecule has 0 aliphatic heterocycles. The molecule has 1 atom stereocenters. The van der Waals surface area contributed by atoms with Gasteiger partial charge in [-0.05, 0) is 30.7 Å². The van der Waals surface area contributed by atoms with E-state index < -0.39 is 12.3 Å². The van der Waals surface area contributed by atoms with Crippen LogP contribution in [-0.4, -0.2) is 18.9 Å². The largest absolute Gasteiger partial charge is 0.494 e. The van der Waals surface area contributed by atoms with Crippen molar-refractivity contribution in [2.45, 2.75) is 19.6 Å². The monoisotopic (exact) mass is 238 g/mol. The molecule has 0 aliphatic carbocycles. The molecule has 0 heterocycles. The van der Waals surface area contributed by atoms with Crippen LogP contribution in [-0.2, 0) is 0 Å². The van der Waals surface area contributed by atoms with Crippen molar-refractivity contribution in [2.75, 3.05) is 11.9 Å². The Kier molecular flexibility index (Phi) is 5.09. The molecule has 17 heavy (non-hydrogen) atoms. The Balaban J connectivity index is 2.47. The maximum absolute atomic E-state index is 10.5. The van der Waals surface area contributed by atoms with Crippen molar-refractivity contribution in [3.8, 4) is 5.75 Å². The Morgan fingerprint density at radius 3 is 2.59 bits per heavy atom. The van der Waals surface area contributed by atoms with Crippen LogP contribution in [0.2, 0.25) is 0 Å². The Labute approximate surface area is 100 Å². The van der Waals surface area contributed by atoms with Crippen molar-refractivity contribution in [3.05, 3.63) is 24.3 Å². The second kappa shape index (κ2) is 6.59. The number of amides is 2. The maximum atomic E-state index is 10.5. The molecular weight excluding hydrogens is 220 g/mol. The topological polar surface area (TPSA) is 102 Å². The van der Waals surface area contributed by atoms with Crippen LogP contribution in [0.3, 0.4) is 0 Å². The predicted molar refractivity (Wildman–Crippen MR) is 66.5 cm³/mol. The van der Waals surface area contributed by atoms with Gasteiger partial charge in [-0.1, -0.05) is 6.92 Å². The van der Waals surface area contributed by atoms with E-state index >= 15 is 0 Å². The van der Waals surface area contributed by atoms with E-state index in [0.29, 0.717) is 6.61 Å². The standard InChI is InChI=1S/C11H18N4O2/c1-2-7-17-9-5-3-8(4-6-9)14-10(12)15-11(13)16/h3-6,10,14H,2,7,12H2,1H3,(H3,13,15,16). The first-order chi connectivity index (χ1) is 8.11. The molecule has 2 amide bonds. The van der Waals surface area contributed by atoms with Crippen molar-refractivity contribution in [1.82, 2.24) is 5.32 Å². The number of carbonyl (C=O) groups excluding carboxylic acids is 1. The number of urea groups is 1. The van der Waals surface area contributed by atoms with Gasteiger partial charge in [-0.15, -0.1) is 0 Å². The molecule has 0 fully saturated rings. The van der Waals surface area contributed by atoms with Crippen LogP contribution in [0.15, 0.2) is 24.3 Å². The number of carbonyl (C=O) groups is 1. The number of hydrogen-bond acceptors (Lipinski definition) is 4. The Hall–Kier alpha value is -1.95. The molecule has 0 aliphatic rings.